The molecule has 0 saturated carbocycles. The van der Waals surface area contributed by atoms with Crippen LogP contribution < -0.4 is 4.74 Å². The van der Waals surface area contributed by atoms with Gasteiger partial charge in [-0.15, -0.1) is 0 Å². The van der Waals surface area contributed by atoms with E-state index >= 15 is 0 Å². The predicted octanol–water partition coefficient (Wildman–Crippen LogP) is 3.59. The largest absolute Gasteiger partial charge is 0.491 e. The molecule has 1 amide bonds. The Bertz CT molecular complexity index is 646. The molecule has 4 heteroatoms. The normalized spacial score (nSPS) is 11.8. The molecule has 0 aliphatic heterocycles. The van der Waals surface area contributed by atoms with E-state index in [4.69, 9.17) is 4.74 Å². The molecule has 0 fully saturated rings. The Kier molecular flexibility index (Phi) is 6.38. The fourth-order valence-electron chi connectivity index (χ4n) is 2.45. The molecule has 4 nitrogen and oxygen atoms in total. The molecule has 0 aliphatic carbocycles. The summed E-state index contributed by atoms with van der Waals surface area (Å²) in [5, 5.41) is 10.2. The summed E-state index contributed by atoms with van der Waals surface area (Å²) in [5.41, 5.74) is 2.62. The molecule has 0 radical (unpaired) electrons. The molecular weight excluding hydrogens is 302 g/mol. The monoisotopic (exact) mass is 327 g/mol. The van der Waals surface area contributed by atoms with Crippen molar-refractivity contribution in [1.82, 2.24) is 4.90 Å². The van der Waals surface area contributed by atoms with Gasteiger partial charge in [0.05, 0.1) is 0 Å². The number of nitrogens with zero attached hydrogens (tertiary/aromatic N) is 1. The van der Waals surface area contributed by atoms with Crippen LogP contribution in [0.2, 0.25) is 0 Å². The van der Waals surface area contributed by atoms with Crippen molar-refractivity contribution in [3.63, 3.8) is 0 Å². The third kappa shape index (κ3) is 4.59. The highest BCUT2D eigenvalue weighted by Gasteiger charge is 2.13. The summed E-state index contributed by atoms with van der Waals surface area (Å²) >= 11 is 0. The Balaban J connectivity index is 1.94. The molecule has 2 rings (SSSR count). The summed E-state index contributed by atoms with van der Waals surface area (Å²) in [6.45, 7) is 7.49. The summed E-state index contributed by atoms with van der Waals surface area (Å²) in [6, 6.07) is 14.8. The van der Waals surface area contributed by atoms with Gasteiger partial charge in [-0.3, -0.25) is 4.79 Å². The molecule has 0 spiro atoms. The lowest BCUT2D eigenvalue weighted by molar-refractivity contribution is 0.0772. The number of rotatable bonds is 7. The van der Waals surface area contributed by atoms with Gasteiger partial charge in [0, 0.05) is 18.7 Å². The van der Waals surface area contributed by atoms with Crippen LogP contribution in [0, 0.1) is 6.92 Å². The highest BCUT2D eigenvalue weighted by molar-refractivity contribution is 5.94. The lowest BCUT2D eigenvalue weighted by atomic mass is 10.1. The smallest absolute Gasteiger partial charge is 0.253 e. The van der Waals surface area contributed by atoms with Crippen LogP contribution in [0.25, 0.3) is 0 Å². The van der Waals surface area contributed by atoms with E-state index < -0.39 is 6.10 Å². The van der Waals surface area contributed by atoms with Crippen molar-refractivity contribution in [2.24, 2.45) is 0 Å². The topological polar surface area (TPSA) is 49.8 Å². The molecule has 2 aromatic carbocycles. The Morgan fingerprint density at radius 2 is 1.62 bits per heavy atom. The van der Waals surface area contributed by atoms with Gasteiger partial charge >= 0.3 is 0 Å². The number of aliphatic hydroxyl groups excluding tert-OH is 1. The molecule has 0 heterocycles. The highest BCUT2D eigenvalue weighted by Crippen LogP contribution is 2.18. The minimum Gasteiger partial charge on any atom is -0.491 e. The van der Waals surface area contributed by atoms with Gasteiger partial charge < -0.3 is 14.7 Å². The number of carbonyl (C=O) groups is 1. The summed E-state index contributed by atoms with van der Waals surface area (Å²) in [5.74, 6) is 0.656. The third-order valence-electron chi connectivity index (χ3n) is 4.02. The van der Waals surface area contributed by atoms with Crippen molar-refractivity contribution in [1.29, 1.82) is 0 Å². The van der Waals surface area contributed by atoms with Gasteiger partial charge in [-0.1, -0.05) is 29.8 Å². The van der Waals surface area contributed by atoms with E-state index in [1.807, 2.05) is 45.0 Å². The van der Waals surface area contributed by atoms with Gasteiger partial charge in [-0.05, 0) is 50.6 Å². The van der Waals surface area contributed by atoms with Crippen molar-refractivity contribution in [3.05, 3.63) is 65.2 Å². The first kappa shape index (κ1) is 18.0. The number of ether oxygens (including phenoxy) is 1. The summed E-state index contributed by atoms with van der Waals surface area (Å²) in [7, 11) is 0. The molecule has 128 valence electrons. The Morgan fingerprint density at radius 3 is 2.17 bits per heavy atom. The van der Waals surface area contributed by atoms with Gasteiger partial charge in [0.2, 0.25) is 0 Å². The maximum atomic E-state index is 12.2. The number of hydrogen-bond donors (Lipinski definition) is 1. The molecular formula is C20H25NO3. The van der Waals surface area contributed by atoms with E-state index in [2.05, 4.69) is 0 Å². The van der Waals surface area contributed by atoms with E-state index in [9.17, 15) is 9.90 Å². The summed E-state index contributed by atoms with van der Waals surface area (Å²) in [4.78, 5) is 14.0. The minimum atomic E-state index is -0.678. The van der Waals surface area contributed by atoms with E-state index in [1.54, 1.807) is 29.2 Å². The van der Waals surface area contributed by atoms with E-state index in [0.717, 1.165) is 11.1 Å². The zero-order chi connectivity index (χ0) is 17.5. The fraction of sp³-hybridized carbons (Fsp3) is 0.350. The first-order valence-corrected chi connectivity index (χ1v) is 8.32. The SMILES string of the molecule is CCN(CC)C(=O)c1ccc(OCC(O)c2ccc(C)cc2)cc1. The summed E-state index contributed by atoms with van der Waals surface area (Å²) < 4.78 is 5.63. The van der Waals surface area contributed by atoms with E-state index in [1.165, 1.54) is 0 Å². The third-order valence-corrected chi connectivity index (χ3v) is 4.02. The van der Waals surface area contributed by atoms with Crippen molar-refractivity contribution in [2.45, 2.75) is 26.9 Å². The van der Waals surface area contributed by atoms with Gasteiger partial charge in [-0.2, -0.15) is 0 Å². The van der Waals surface area contributed by atoms with E-state index in [0.29, 0.717) is 24.4 Å². The second-order valence-corrected chi connectivity index (χ2v) is 5.74. The molecule has 0 aromatic heterocycles. The van der Waals surface area contributed by atoms with Gasteiger partial charge in [0.15, 0.2) is 0 Å². The van der Waals surface area contributed by atoms with Crippen LogP contribution >= 0.6 is 0 Å². The number of aryl methyl sites for hydroxylation is 1. The average molecular weight is 327 g/mol. The van der Waals surface area contributed by atoms with Crippen LogP contribution in [-0.2, 0) is 0 Å². The minimum absolute atomic E-state index is 0.0197. The van der Waals surface area contributed by atoms with Crippen LogP contribution in [-0.4, -0.2) is 35.6 Å². The van der Waals surface area contributed by atoms with Crippen molar-refractivity contribution in [2.75, 3.05) is 19.7 Å². The van der Waals surface area contributed by atoms with Crippen LogP contribution in [0.3, 0.4) is 0 Å². The molecule has 0 saturated heterocycles. The quantitative estimate of drug-likeness (QED) is 0.845. The average Bonchev–Trinajstić information content (AvgIpc) is 2.61. The maximum absolute atomic E-state index is 12.2. The van der Waals surface area contributed by atoms with Crippen molar-refractivity contribution >= 4 is 5.91 Å². The summed E-state index contributed by atoms with van der Waals surface area (Å²) in [6.07, 6.45) is -0.678. The first-order chi connectivity index (χ1) is 11.5. The zero-order valence-corrected chi connectivity index (χ0v) is 14.5. The van der Waals surface area contributed by atoms with Gasteiger partial charge in [0.25, 0.3) is 5.91 Å². The number of benzene rings is 2. The molecule has 24 heavy (non-hydrogen) atoms. The second-order valence-electron chi connectivity index (χ2n) is 5.74. The van der Waals surface area contributed by atoms with Crippen molar-refractivity contribution in [3.8, 4) is 5.75 Å². The number of aliphatic hydroxyl groups is 1. The molecule has 2 aromatic rings. The van der Waals surface area contributed by atoms with Crippen molar-refractivity contribution < 1.29 is 14.6 Å². The number of carbonyl (C=O) groups excluding carboxylic acids is 1. The van der Waals surface area contributed by atoms with Crippen LogP contribution in [0.15, 0.2) is 48.5 Å². The van der Waals surface area contributed by atoms with E-state index in [-0.39, 0.29) is 12.5 Å². The highest BCUT2D eigenvalue weighted by atomic mass is 16.5. The molecule has 0 bridgehead atoms. The predicted molar refractivity (Wildman–Crippen MR) is 95.3 cm³/mol. The standard InChI is InChI=1S/C20H25NO3/c1-4-21(5-2)20(23)17-10-12-18(13-11-17)24-14-19(22)16-8-6-15(3)7-9-16/h6-13,19,22H,4-5,14H2,1-3H3. The molecule has 0 aliphatic rings. The van der Waals surface area contributed by atoms with Gasteiger partial charge in [0.1, 0.15) is 18.5 Å². The van der Waals surface area contributed by atoms with Gasteiger partial charge in [-0.25, -0.2) is 0 Å². The lowest BCUT2D eigenvalue weighted by Gasteiger charge is -2.18. The zero-order valence-electron chi connectivity index (χ0n) is 14.5. The number of amides is 1. The first-order valence-electron chi connectivity index (χ1n) is 8.32. The molecule has 1 unspecified atom stereocenters. The van der Waals surface area contributed by atoms with Crippen LogP contribution in [0.4, 0.5) is 0 Å². The number of hydrogen-bond acceptors (Lipinski definition) is 3. The fourth-order valence-corrected chi connectivity index (χ4v) is 2.45. The molecule has 1 N–H and O–H groups in total. The van der Waals surface area contributed by atoms with Crippen LogP contribution in [0.5, 0.6) is 5.75 Å². The molecule has 1 atom stereocenters. The lowest BCUT2D eigenvalue weighted by Crippen LogP contribution is -2.30. The maximum Gasteiger partial charge on any atom is 0.253 e. The Hall–Kier alpha value is -2.33. The Labute approximate surface area is 143 Å². The Morgan fingerprint density at radius 1 is 1.04 bits per heavy atom. The second kappa shape index (κ2) is 8.50. The van der Waals surface area contributed by atoms with Crippen LogP contribution in [0.1, 0.15) is 41.4 Å².